The fourth-order valence-electron chi connectivity index (χ4n) is 3.61. The largest absolute Gasteiger partial charge is 0.325 e. The third-order valence-corrected chi connectivity index (χ3v) is 7.51. The molecule has 3 rings (SSSR count). The van der Waals surface area contributed by atoms with Gasteiger partial charge in [0.2, 0.25) is 21.8 Å². The van der Waals surface area contributed by atoms with Gasteiger partial charge in [0.25, 0.3) is 0 Å². The van der Waals surface area contributed by atoms with Crippen LogP contribution in [0.15, 0.2) is 47.4 Å². The van der Waals surface area contributed by atoms with Crippen molar-refractivity contribution in [2.24, 2.45) is 5.92 Å². The number of aryl methyl sites for hydroxylation is 1. The van der Waals surface area contributed by atoms with Gasteiger partial charge in [-0.2, -0.15) is 4.31 Å². The molecule has 1 unspecified atom stereocenters. The molecule has 7 nitrogen and oxygen atoms in total. The van der Waals surface area contributed by atoms with Crippen LogP contribution in [0.25, 0.3) is 0 Å². The van der Waals surface area contributed by atoms with Crippen molar-refractivity contribution >= 4 is 33.2 Å². The van der Waals surface area contributed by atoms with Crippen LogP contribution in [0.1, 0.15) is 25.8 Å². The highest BCUT2D eigenvalue weighted by Gasteiger charge is 2.35. The number of sulfonamides is 1. The van der Waals surface area contributed by atoms with Crippen LogP contribution < -0.4 is 10.2 Å². The van der Waals surface area contributed by atoms with Gasteiger partial charge in [-0.15, -0.1) is 0 Å². The predicted molar refractivity (Wildman–Crippen MR) is 117 cm³/mol. The SMILES string of the molecule is CCN(CC)S(=O)(=O)c1ccc(N2CC(C(=O)Nc3cc(F)ccc3C)CC2=O)cc1. The Labute approximate surface area is 181 Å². The summed E-state index contributed by atoms with van der Waals surface area (Å²) in [7, 11) is -3.59. The molecule has 1 N–H and O–H groups in total. The second-order valence-electron chi connectivity index (χ2n) is 7.44. The van der Waals surface area contributed by atoms with Crippen LogP contribution in [0.5, 0.6) is 0 Å². The zero-order valence-corrected chi connectivity index (χ0v) is 18.6. The third-order valence-electron chi connectivity index (χ3n) is 5.44. The van der Waals surface area contributed by atoms with E-state index >= 15 is 0 Å². The van der Waals surface area contributed by atoms with Gasteiger partial charge < -0.3 is 10.2 Å². The van der Waals surface area contributed by atoms with E-state index in [4.69, 9.17) is 0 Å². The zero-order chi connectivity index (χ0) is 22.8. The molecule has 1 atom stereocenters. The Kier molecular flexibility index (Phi) is 6.76. The Bertz CT molecular complexity index is 1080. The number of nitrogens with zero attached hydrogens (tertiary/aromatic N) is 2. The maximum atomic E-state index is 13.5. The van der Waals surface area contributed by atoms with E-state index in [1.165, 1.54) is 33.5 Å². The summed E-state index contributed by atoms with van der Waals surface area (Å²) in [5.41, 5.74) is 1.63. The van der Waals surface area contributed by atoms with Crippen molar-refractivity contribution in [1.29, 1.82) is 0 Å². The molecular formula is C22H26FN3O4S. The number of benzene rings is 2. The summed E-state index contributed by atoms with van der Waals surface area (Å²) in [6.07, 6.45) is 0.0275. The van der Waals surface area contributed by atoms with E-state index in [9.17, 15) is 22.4 Å². The molecule has 0 radical (unpaired) electrons. The highest BCUT2D eigenvalue weighted by atomic mass is 32.2. The summed E-state index contributed by atoms with van der Waals surface area (Å²) >= 11 is 0. The smallest absolute Gasteiger partial charge is 0.243 e. The van der Waals surface area contributed by atoms with Gasteiger partial charge >= 0.3 is 0 Å². The van der Waals surface area contributed by atoms with Crippen molar-refractivity contribution in [3.8, 4) is 0 Å². The summed E-state index contributed by atoms with van der Waals surface area (Å²) < 4.78 is 40.1. The van der Waals surface area contributed by atoms with Crippen molar-refractivity contribution in [2.45, 2.75) is 32.1 Å². The summed E-state index contributed by atoms with van der Waals surface area (Å²) in [4.78, 5) is 26.8. The second kappa shape index (κ2) is 9.15. The van der Waals surface area contributed by atoms with E-state index in [0.717, 1.165) is 5.56 Å². The van der Waals surface area contributed by atoms with Crippen LogP contribution in [-0.4, -0.2) is 44.2 Å². The van der Waals surface area contributed by atoms with Crippen molar-refractivity contribution in [3.63, 3.8) is 0 Å². The van der Waals surface area contributed by atoms with Gasteiger partial charge in [-0.3, -0.25) is 9.59 Å². The molecule has 9 heteroatoms. The maximum absolute atomic E-state index is 13.5. The maximum Gasteiger partial charge on any atom is 0.243 e. The standard InChI is InChI=1S/C22H26FN3O4S/c1-4-25(5-2)31(29,30)19-10-8-18(9-11-19)26-14-16(12-21(26)27)22(28)24-20-13-17(23)7-6-15(20)3/h6-11,13,16H,4-5,12,14H2,1-3H3,(H,24,28). The van der Waals surface area contributed by atoms with Crippen molar-refractivity contribution < 1.29 is 22.4 Å². The Morgan fingerprint density at radius 2 is 1.81 bits per heavy atom. The van der Waals surface area contributed by atoms with E-state index in [1.54, 1.807) is 39.0 Å². The summed E-state index contributed by atoms with van der Waals surface area (Å²) in [5.74, 6) is -1.63. The molecule has 1 aliphatic rings. The molecular weight excluding hydrogens is 421 g/mol. The van der Waals surface area contributed by atoms with Gasteiger partial charge in [0.15, 0.2) is 0 Å². The van der Waals surface area contributed by atoms with Crippen LogP contribution in [0, 0.1) is 18.7 Å². The summed E-state index contributed by atoms with van der Waals surface area (Å²) in [6, 6.07) is 10.2. The summed E-state index contributed by atoms with van der Waals surface area (Å²) in [5, 5.41) is 2.70. The minimum Gasteiger partial charge on any atom is -0.325 e. The summed E-state index contributed by atoms with van der Waals surface area (Å²) in [6.45, 7) is 6.21. The molecule has 1 aliphatic heterocycles. The monoisotopic (exact) mass is 447 g/mol. The van der Waals surface area contributed by atoms with E-state index in [2.05, 4.69) is 5.32 Å². The molecule has 0 aromatic heterocycles. The van der Waals surface area contributed by atoms with Gasteiger partial charge in [-0.05, 0) is 48.9 Å². The predicted octanol–water partition coefficient (Wildman–Crippen LogP) is 3.16. The molecule has 0 aliphatic carbocycles. The van der Waals surface area contributed by atoms with Crippen molar-refractivity contribution in [3.05, 3.63) is 53.8 Å². The molecule has 0 bridgehead atoms. The number of hydrogen-bond donors (Lipinski definition) is 1. The number of hydrogen-bond acceptors (Lipinski definition) is 4. The first-order valence-electron chi connectivity index (χ1n) is 10.1. The number of carbonyl (C=O) groups excluding carboxylic acids is 2. The molecule has 31 heavy (non-hydrogen) atoms. The van der Waals surface area contributed by atoms with E-state index in [-0.39, 0.29) is 29.7 Å². The van der Waals surface area contributed by atoms with Gasteiger partial charge in [0, 0.05) is 37.4 Å². The average Bonchev–Trinajstić information content (AvgIpc) is 3.13. The normalized spacial score (nSPS) is 16.7. The Balaban J connectivity index is 1.73. The lowest BCUT2D eigenvalue weighted by Crippen LogP contribution is -2.31. The quantitative estimate of drug-likeness (QED) is 0.706. The first kappa shape index (κ1) is 22.9. The van der Waals surface area contributed by atoms with Gasteiger partial charge in [0.05, 0.1) is 10.8 Å². The van der Waals surface area contributed by atoms with Gasteiger partial charge in [-0.25, -0.2) is 12.8 Å². The van der Waals surface area contributed by atoms with Crippen LogP contribution >= 0.6 is 0 Å². The molecule has 1 saturated heterocycles. The Hall–Kier alpha value is -2.78. The molecule has 1 heterocycles. The van der Waals surface area contributed by atoms with Gasteiger partial charge in [-0.1, -0.05) is 19.9 Å². The van der Waals surface area contributed by atoms with E-state index in [1.807, 2.05) is 0 Å². The highest BCUT2D eigenvalue weighted by Crippen LogP contribution is 2.28. The Morgan fingerprint density at radius 1 is 1.16 bits per heavy atom. The number of rotatable bonds is 7. The first-order valence-corrected chi connectivity index (χ1v) is 11.6. The Morgan fingerprint density at radius 3 is 2.42 bits per heavy atom. The lowest BCUT2D eigenvalue weighted by molar-refractivity contribution is -0.122. The number of anilines is 2. The third kappa shape index (κ3) is 4.77. The van der Waals surface area contributed by atoms with Crippen LogP contribution in [0.3, 0.4) is 0 Å². The number of amides is 2. The van der Waals surface area contributed by atoms with Crippen LogP contribution in [0.2, 0.25) is 0 Å². The van der Waals surface area contributed by atoms with Crippen LogP contribution in [-0.2, 0) is 19.6 Å². The molecule has 2 aromatic rings. The fraction of sp³-hybridized carbons (Fsp3) is 0.364. The molecule has 2 aromatic carbocycles. The second-order valence-corrected chi connectivity index (χ2v) is 9.38. The molecule has 166 valence electrons. The van der Waals surface area contributed by atoms with E-state index in [0.29, 0.717) is 24.5 Å². The average molecular weight is 448 g/mol. The number of halogens is 1. The van der Waals surface area contributed by atoms with Crippen molar-refractivity contribution in [1.82, 2.24) is 4.31 Å². The minimum absolute atomic E-state index is 0.0275. The van der Waals surface area contributed by atoms with Gasteiger partial charge in [0.1, 0.15) is 5.82 Å². The van der Waals surface area contributed by atoms with Crippen molar-refractivity contribution in [2.75, 3.05) is 29.9 Å². The highest BCUT2D eigenvalue weighted by molar-refractivity contribution is 7.89. The molecule has 0 saturated carbocycles. The number of carbonyl (C=O) groups is 2. The topological polar surface area (TPSA) is 86.8 Å². The fourth-order valence-corrected chi connectivity index (χ4v) is 5.07. The van der Waals surface area contributed by atoms with E-state index < -0.39 is 21.8 Å². The van der Waals surface area contributed by atoms with Crippen LogP contribution in [0.4, 0.5) is 15.8 Å². The zero-order valence-electron chi connectivity index (χ0n) is 17.8. The molecule has 2 amide bonds. The first-order chi connectivity index (χ1) is 14.7. The minimum atomic E-state index is -3.59. The number of nitrogens with one attached hydrogen (secondary N) is 1. The molecule has 0 spiro atoms. The lowest BCUT2D eigenvalue weighted by atomic mass is 10.1. The lowest BCUT2D eigenvalue weighted by Gasteiger charge is -2.20. The molecule has 1 fully saturated rings.